The number of nitrogens with zero attached hydrogens (tertiary/aromatic N) is 1. The number of hydrogen-bond acceptors (Lipinski definition) is 4. The second-order valence-corrected chi connectivity index (χ2v) is 5.93. The number of benzene rings is 2. The Bertz CT molecular complexity index is 921. The van der Waals surface area contributed by atoms with Gasteiger partial charge in [-0.25, -0.2) is 4.98 Å². The van der Waals surface area contributed by atoms with Crippen molar-refractivity contribution in [1.82, 2.24) is 4.98 Å². The molecule has 3 rings (SSSR count). The lowest BCUT2D eigenvalue weighted by Crippen LogP contribution is -2.15. The van der Waals surface area contributed by atoms with Gasteiger partial charge in [-0.05, 0) is 61.4 Å². The molecule has 3 N–H and O–H groups in total. The number of carbonyl (C=O) groups excluding carboxylic acids is 1. The van der Waals surface area contributed by atoms with Crippen molar-refractivity contribution < 1.29 is 9.53 Å². The van der Waals surface area contributed by atoms with E-state index in [1.54, 1.807) is 24.3 Å². The van der Waals surface area contributed by atoms with E-state index in [9.17, 15) is 4.79 Å². The van der Waals surface area contributed by atoms with E-state index in [1.165, 1.54) is 0 Å². The third-order valence-electron chi connectivity index (χ3n) is 4.00. The molecule has 5 nitrogen and oxygen atoms in total. The molecule has 0 fully saturated rings. The van der Waals surface area contributed by atoms with Gasteiger partial charge in [-0.1, -0.05) is 25.1 Å². The Hall–Kier alpha value is -3.34. The van der Waals surface area contributed by atoms with E-state index >= 15 is 0 Å². The highest BCUT2D eigenvalue weighted by Gasteiger charge is 2.11. The topological polar surface area (TPSA) is 77.2 Å². The highest BCUT2D eigenvalue weighted by Crippen LogP contribution is 2.26. The summed E-state index contributed by atoms with van der Waals surface area (Å²) in [5.74, 6) is 1.48. The second kappa shape index (κ2) is 7.70. The molecule has 0 aliphatic heterocycles. The Kier molecular flexibility index (Phi) is 5.17. The van der Waals surface area contributed by atoms with Crippen molar-refractivity contribution in [3.05, 3.63) is 77.5 Å². The van der Waals surface area contributed by atoms with E-state index in [2.05, 4.69) is 17.2 Å². The summed E-state index contributed by atoms with van der Waals surface area (Å²) in [6.45, 7) is 3.92. The Morgan fingerprint density at radius 3 is 2.50 bits per heavy atom. The Labute approximate surface area is 152 Å². The molecule has 0 radical (unpaired) electrons. The van der Waals surface area contributed by atoms with Gasteiger partial charge in [0.2, 0.25) is 0 Å². The quantitative estimate of drug-likeness (QED) is 0.708. The molecule has 26 heavy (non-hydrogen) atoms. The van der Waals surface area contributed by atoms with Gasteiger partial charge in [0.1, 0.15) is 17.3 Å². The maximum absolute atomic E-state index is 12.3. The zero-order chi connectivity index (χ0) is 18.5. The van der Waals surface area contributed by atoms with Crippen LogP contribution in [0.2, 0.25) is 0 Å². The minimum Gasteiger partial charge on any atom is -0.457 e. The van der Waals surface area contributed by atoms with Gasteiger partial charge in [0.25, 0.3) is 5.91 Å². The first-order valence-corrected chi connectivity index (χ1v) is 8.47. The number of pyridine rings is 1. The van der Waals surface area contributed by atoms with Crippen LogP contribution in [0.5, 0.6) is 11.5 Å². The van der Waals surface area contributed by atoms with Gasteiger partial charge >= 0.3 is 0 Å². The van der Waals surface area contributed by atoms with Gasteiger partial charge < -0.3 is 15.8 Å². The predicted octanol–water partition coefficient (Wildman–Crippen LogP) is 4.58. The average Bonchev–Trinajstić information content (AvgIpc) is 2.63. The van der Waals surface area contributed by atoms with E-state index in [-0.39, 0.29) is 11.7 Å². The van der Waals surface area contributed by atoms with Crippen LogP contribution < -0.4 is 15.8 Å². The smallest absolute Gasteiger partial charge is 0.259 e. The van der Waals surface area contributed by atoms with Crippen molar-refractivity contribution in [2.45, 2.75) is 20.3 Å². The van der Waals surface area contributed by atoms with Crippen molar-refractivity contribution >= 4 is 17.4 Å². The summed E-state index contributed by atoms with van der Waals surface area (Å²) in [5.41, 5.74) is 8.75. The van der Waals surface area contributed by atoms with Gasteiger partial charge in [-0.3, -0.25) is 4.79 Å². The first-order chi connectivity index (χ1) is 12.6. The first-order valence-electron chi connectivity index (χ1n) is 8.47. The van der Waals surface area contributed by atoms with Crippen LogP contribution in [-0.4, -0.2) is 10.9 Å². The molecule has 0 saturated carbocycles. The number of carbonyl (C=O) groups is 1. The molecule has 0 aliphatic carbocycles. The fraction of sp³-hybridized carbons (Fsp3) is 0.143. The van der Waals surface area contributed by atoms with Crippen molar-refractivity contribution in [2.24, 2.45) is 0 Å². The molecule has 2 aromatic carbocycles. The Morgan fingerprint density at radius 1 is 1.08 bits per heavy atom. The Balaban J connectivity index is 1.70. The SMILES string of the molecule is CCc1ccccc1Oc1ccc(NC(=O)c2ccc(C)nc2N)cc1. The minimum absolute atomic E-state index is 0.221. The van der Waals surface area contributed by atoms with Crippen molar-refractivity contribution in [2.75, 3.05) is 11.1 Å². The van der Waals surface area contributed by atoms with Crippen LogP contribution in [0, 0.1) is 6.92 Å². The van der Waals surface area contributed by atoms with Gasteiger partial charge in [0.15, 0.2) is 0 Å². The largest absolute Gasteiger partial charge is 0.457 e. The van der Waals surface area contributed by atoms with Crippen LogP contribution in [0.1, 0.15) is 28.5 Å². The summed E-state index contributed by atoms with van der Waals surface area (Å²) < 4.78 is 5.93. The average molecular weight is 347 g/mol. The molecule has 0 bridgehead atoms. The first kappa shape index (κ1) is 17.5. The molecule has 1 amide bonds. The number of rotatable bonds is 5. The van der Waals surface area contributed by atoms with E-state index in [4.69, 9.17) is 10.5 Å². The summed E-state index contributed by atoms with van der Waals surface area (Å²) in [4.78, 5) is 16.5. The maximum atomic E-state index is 12.3. The lowest BCUT2D eigenvalue weighted by molar-refractivity contribution is 0.102. The van der Waals surface area contributed by atoms with Gasteiger partial charge in [0.05, 0.1) is 5.56 Å². The van der Waals surface area contributed by atoms with Crippen LogP contribution >= 0.6 is 0 Å². The molecule has 0 aliphatic rings. The number of nitrogens with one attached hydrogen (secondary N) is 1. The fourth-order valence-electron chi connectivity index (χ4n) is 2.60. The van der Waals surface area contributed by atoms with Crippen molar-refractivity contribution in [1.29, 1.82) is 0 Å². The monoisotopic (exact) mass is 347 g/mol. The van der Waals surface area contributed by atoms with Gasteiger partial charge in [-0.15, -0.1) is 0 Å². The highest BCUT2D eigenvalue weighted by molar-refractivity contribution is 6.07. The van der Waals surface area contributed by atoms with Gasteiger partial charge in [0, 0.05) is 11.4 Å². The molecule has 0 spiro atoms. The van der Waals surface area contributed by atoms with Crippen LogP contribution in [0.25, 0.3) is 0 Å². The molecule has 132 valence electrons. The summed E-state index contributed by atoms with van der Waals surface area (Å²) in [5, 5.41) is 2.82. The molecule has 3 aromatic rings. The molecule has 1 heterocycles. The highest BCUT2D eigenvalue weighted by atomic mass is 16.5. The van der Waals surface area contributed by atoms with Crippen LogP contribution in [-0.2, 0) is 6.42 Å². The molecular weight excluding hydrogens is 326 g/mol. The molecule has 0 saturated heterocycles. The number of anilines is 2. The van der Waals surface area contributed by atoms with Crippen molar-refractivity contribution in [3.8, 4) is 11.5 Å². The van der Waals surface area contributed by atoms with Crippen molar-refractivity contribution in [3.63, 3.8) is 0 Å². The molecule has 0 unspecified atom stereocenters. The van der Waals surface area contributed by atoms with E-state index in [1.807, 2.05) is 43.3 Å². The molecular formula is C21H21N3O2. The number of ether oxygens (including phenoxy) is 1. The number of nitrogens with two attached hydrogens (primary N) is 1. The maximum Gasteiger partial charge on any atom is 0.259 e. The third kappa shape index (κ3) is 4.00. The third-order valence-corrected chi connectivity index (χ3v) is 4.00. The molecule has 1 aromatic heterocycles. The number of nitrogen functional groups attached to an aromatic ring is 1. The molecule has 0 atom stereocenters. The fourth-order valence-corrected chi connectivity index (χ4v) is 2.60. The number of hydrogen-bond donors (Lipinski definition) is 2. The minimum atomic E-state index is -0.292. The summed E-state index contributed by atoms with van der Waals surface area (Å²) >= 11 is 0. The Morgan fingerprint density at radius 2 is 1.81 bits per heavy atom. The second-order valence-electron chi connectivity index (χ2n) is 5.93. The van der Waals surface area contributed by atoms with Crippen LogP contribution in [0.15, 0.2) is 60.7 Å². The summed E-state index contributed by atoms with van der Waals surface area (Å²) in [7, 11) is 0. The summed E-state index contributed by atoms with van der Waals surface area (Å²) in [6.07, 6.45) is 0.899. The molecule has 5 heteroatoms. The van der Waals surface area contributed by atoms with Crippen LogP contribution in [0.4, 0.5) is 11.5 Å². The number of para-hydroxylation sites is 1. The lowest BCUT2D eigenvalue weighted by atomic mass is 10.1. The standard InChI is InChI=1S/C21H21N3O2/c1-3-15-6-4-5-7-19(15)26-17-11-9-16(10-12-17)24-21(25)18-13-8-14(2)23-20(18)22/h4-13H,3H2,1-2H3,(H2,22,23)(H,24,25). The van der Waals surface area contributed by atoms with Gasteiger partial charge in [-0.2, -0.15) is 0 Å². The zero-order valence-corrected chi connectivity index (χ0v) is 14.8. The zero-order valence-electron chi connectivity index (χ0n) is 14.8. The normalized spacial score (nSPS) is 10.4. The lowest BCUT2D eigenvalue weighted by Gasteiger charge is -2.11. The predicted molar refractivity (Wildman–Crippen MR) is 104 cm³/mol. The van der Waals surface area contributed by atoms with E-state index < -0.39 is 0 Å². The van der Waals surface area contributed by atoms with E-state index in [0.717, 1.165) is 23.4 Å². The number of aromatic nitrogens is 1. The number of amides is 1. The summed E-state index contributed by atoms with van der Waals surface area (Å²) in [6, 6.07) is 18.6. The van der Waals surface area contributed by atoms with E-state index in [0.29, 0.717) is 17.0 Å². The number of aryl methyl sites for hydroxylation is 2. The van der Waals surface area contributed by atoms with Crippen LogP contribution in [0.3, 0.4) is 0 Å².